The number of nitro groups is 1. The lowest BCUT2D eigenvalue weighted by Gasteiger charge is -2.21. The van der Waals surface area contributed by atoms with E-state index in [9.17, 15) is 14.9 Å². The Hall–Kier alpha value is -1.96. The third-order valence-electron chi connectivity index (χ3n) is 3.28. The molecule has 0 bridgehead atoms. The molecule has 0 amide bonds. The molecular formula is C11H16N4O4. The molecule has 0 aliphatic carbocycles. The number of ether oxygens (including phenoxy) is 1. The maximum Gasteiger partial charge on any atom is 0.323 e. The van der Waals surface area contributed by atoms with Crippen LogP contribution in [0.15, 0.2) is 12.4 Å². The lowest BCUT2D eigenvalue weighted by atomic mass is 10.2. The third kappa shape index (κ3) is 3.08. The number of nitrogens with zero attached hydrogens (tertiary/aromatic N) is 4. The van der Waals surface area contributed by atoms with Crippen molar-refractivity contribution >= 4 is 11.7 Å². The molecule has 0 saturated carbocycles. The summed E-state index contributed by atoms with van der Waals surface area (Å²) in [6.45, 7) is 1.98. The fraction of sp³-hybridized carbons (Fsp3) is 0.636. The number of rotatable bonds is 5. The Morgan fingerprint density at radius 2 is 2.42 bits per heavy atom. The molecule has 0 aromatic carbocycles. The van der Waals surface area contributed by atoms with Crippen LogP contribution in [0.5, 0.6) is 0 Å². The second-order valence-electron chi connectivity index (χ2n) is 4.44. The number of hydrogen-bond donors (Lipinski definition) is 0. The van der Waals surface area contributed by atoms with Crippen molar-refractivity contribution in [1.82, 2.24) is 14.7 Å². The Bertz CT molecular complexity index is 473. The zero-order valence-electron chi connectivity index (χ0n) is 10.7. The summed E-state index contributed by atoms with van der Waals surface area (Å²) in [4.78, 5) is 23.6. The Kier molecular flexibility index (Phi) is 4.10. The van der Waals surface area contributed by atoms with Crippen molar-refractivity contribution in [3.63, 3.8) is 0 Å². The van der Waals surface area contributed by atoms with Crippen LogP contribution in [0.4, 0.5) is 5.69 Å². The van der Waals surface area contributed by atoms with Gasteiger partial charge in [-0.25, -0.2) is 0 Å². The van der Waals surface area contributed by atoms with Crippen LogP contribution in [0.3, 0.4) is 0 Å². The number of aromatic nitrogens is 2. The van der Waals surface area contributed by atoms with Crippen molar-refractivity contribution in [2.75, 3.05) is 20.2 Å². The Balaban J connectivity index is 1.90. The average Bonchev–Trinajstić information content (AvgIpc) is 3.04. The van der Waals surface area contributed by atoms with Crippen LogP contribution in [-0.4, -0.2) is 51.8 Å². The van der Waals surface area contributed by atoms with E-state index in [-0.39, 0.29) is 17.7 Å². The molecule has 0 N–H and O–H groups in total. The summed E-state index contributed by atoms with van der Waals surface area (Å²) in [5, 5.41) is 14.5. The van der Waals surface area contributed by atoms with Gasteiger partial charge in [0.1, 0.15) is 18.4 Å². The SMILES string of the molecule is COC(=O)[C@@H]1CCCN1CCn1cc([N+](=O)[O-])cn1. The summed E-state index contributed by atoms with van der Waals surface area (Å²) in [5.41, 5.74) is -0.0223. The summed E-state index contributed by atoms with van der Waals surface area (Å²) < 4.78 is 6.28. The van der Waals surface area contributed by atoms with Crippen LogP contribution in [0, 0.1) is 10.1 Å². The molecule has 1 fully saturated rings. The molecule has 1 aromatic heterocycles. The summed E-state index contributed by atoms with van der Waals surface area (Å²) in [7, 11) is 1.38. The second-order valence-corrected chi connectivity index (χ2v) is 4.44. The van der Waals surface area contributed by atoms with E-state index in [1.165, 1.54) is 24.2 Å². The molecule has 104 valence electrons. The largest absolute Gasteiger partial charge is 0.468 e. The average molecular weight is 268 g/mol. The van der Waals surface area contributed by atoms with E-state index in [1.54, 1.807) is 0 Å². The molecule has 8 nitrogen and oxygen atoms in total. The van der Waals surface area contributed by atoms with Gasteiger partial charge in [0.05, 0.1) is 18.6 Å². The zero-order valence-corrected chi connectivity index (χ0v) is 10.7. The molecule has 19 heavy (non-hydrogen) atoms. The van der Waals surface area contributed by atoms with E-state index in [0.717, 1.165) is 19.4 Å². The molecular weight excluding hydrogens is 252 g/mol. The molecule has 0 radical (unpaired) electrons. The topological polar surface area (TPSA) is 90.5 Å². The van der Waals surface area contributed by atoms with Gasteiger partial charge in [0.25, 0.3) is 0 Å². The molecule has 0 spiro atoms. The van der Waals surface area contributed by atoms with Crippen LogP contribution >= 0.6 is 0 Å². The molecule has 2 rings (SSSR count). The zero-order chi connectivity index (χ0) is 13.8. The number of carbonyl (C=O) groups is 1. The van der Waals surface area contributed by atoms with Gasteiger partial charge >= 0.3 is 11.7 Å². The fourth-order valence-corrected chi connectivity index (χ4v) is 2.30. The minimum atomic E-state index is -0.476. The summed E-state index contributed by atoms with van der Waals surface area (Å²) >= 11 is 0. The first-order valence-electron chi connectivity index (χ1n) is 6.10. The summed E-state index contributed by atoms with van der Waals surface area (Å²) in [6.07, 6.45) is 4.37. The number of carbonyl (C=O) groups excluding carboxylic acids is 1. The van der Waals surface area contributed by atoms with Crippen molar-refractivity contribution in [3.05, 3.63) is 22.5 Å². The molecule has 1 aliphatic heterocycles. The normalized spacial score (nSPS) is 19.5. The lowest BCUT2D eigenvalue weighted by Crippen LogP contribution is -2.38. The van der Waals surface area contributed by atoms with Gasteiger partial charge in [-0.15, -0.1) is 0 Å². The summed E-state index contributed by atoms with van der Waals surface area (Å²) in [6, 6.07) is -0.199. The van der Waals surface area contributed by atoms with Crippen LogP contribution in [0.1, 0.15) is 12.8 Å². The first-order chi connectivity index (χ1) is 9.11. The van der Waals surface area contributed by atoms with Crippen molar-refractivity contribution in [2.45, 2.75) is 25.4 Å². The van der Waals surface area contributed by atoms with Gasteiger partial charge in [-0.3, -0.25) is 24.5 Å². The highest BCUT2D eigenvalue weighted by Crippen LogP contribution is 2.18. The van der Waals surface area contributed by atoms with Gasteiger partial charge in [0, 0.05) is 6.54 Å². The van der Waals surface area contributed by atoms with E-state index in [0.29, 0.717) is 13.1 Å². The van der Waals surface area contributed by atoms with Gasteiger partial charge in [0.2, 0.25) is 0 Å². The highest BCUT2D eigenvalue weighted by atomic mass is 16.6. The molecule has 0 unspecified atom stereocenters. The Morgan fingerprint density at radius 3 is 3.05 bits per heavy atom. The van der Waals surface area contributed by atoms with Gasteiger partial charge in [-0.05, 0) is 19.4 Å². The number of esters is 1. The monoisotopic (exact) mass is 268 g/mol. The van der Waals surface area contributed by atoms with E-state index >= 15 is 0 Å². The van der Waals surface area contributed by atoms with Crippen LogP contribution in [-0.2, 0) is 16.1 Å². The number of hydrogen-bond acceptors (Lipinski definition) is 6. The number of methoxy groups -OCH3 is 1. The van der Waals surface area contributed by atoms with E-state index in [4.69, 9.17) is 4.74 Å². The molecule has 8 heteroatoms. The van der Waals surface area contributed by atoms with Crippen molar-refractivity contribution in [2.24, 2.45) is 0 Å². The van der Waals surface area contributed by atoms with Crippen LogP contribution < -0.4 is 0 Å². The van der Waals surface area contributed by atoms with Gasteiger partial charge in [-0.1, -0.05) is 0 Å². The molecule has 1 saturated heterocycles. The maximum atomic E-state index is 11.6. The molecule has 1 aliphatic rings. The van der Waals surface area contributed by atoms with Crippen LogP contribution in [0.25, 0.3) is 0 Å². The Morgan fingerprint density at radius 1 is 1.63 bits per heavy atom. The molecule has 1 aromatic rings. The van der Waals surface area contributed by atoms with E-state index < -0.39 is 4.92 Å². The standard InChI is InChI=1S/C11H16N4O4/c1-19-11(16)10-3-2-4-13(10)5-6-14-8-9(7-12-14)15(17)18/h7-8,10H,2-6H2,1H3/t10-/m0/s1. The van der Waals surface area contributed by atoms with Crippen molar-refractivity contribution in [1.29, 1.82) is 0 Å². The minimum Gasteiger partial charge on any atom is -0.468 e. The second kappa shape index (κ2) is 5.79. The molecule has 2 heterocycles. The third-order valence-corrected chi connectivity index (χ3v) is 3.28. The minimum absolute atomic E-state index is 0.0223. The van der Waals surface area contributed by atoms with Crippen molar-refractivity contribution < 1.29 is 14.5 Å². The first kappa shape index (κ1) is 13.5. The Labute approximate surface area is 110 Å². The maximum absolute atomic E-state index is 11.6. The molecule has 1 atom stereocenters. The van der Waals surface area contributed by atoms with Crippen LogP contribution in [0.2, 0.25) is 0 Å². The van der Waals surface area contributed by atoms with Crippen molar-refractivity contribution in [3.8, 4) is 0 Å². The predicted octanol–water partition coefficient (Wildman–Crippen LogP) is 0.429. The number of likely N-dealkylation sites (tertiary alicyclic amines) is 1. The van der Waals surface area contributed by atoms with E-state index in [1.807, 2.05) is 4.90 Å². The highest BCUT2D eigenvalue weighted by Gasteiger charge is 2.31. The highest BCUT2D eigenvalue weighted by molar-refractivity contribution is 5.75. The smallest absolute Gasteiger partial charge is 0.323 e. The quantitative estimate of drug-likeness (QED) is 0.437. The summed E-state index contributed by atoms with van der Waals surface area (Å²) in [5.74, 6) is -0.219. The fourth-order valence-electron chi connectivity index (χ4n) is 2.30. The lowest BCUT2D eigenvalue weighted by molar-refractivity contribution is -0.385. The van der Waals surface area contributed by atoms with Gasteiger partial charge in [-0.2, -0.15) is 5.10 Å². The van der Waals surface area contributed by atoms with Gasteiger partial charge < -0.3 is 4.74 Å². The van der Waals surface area contributed by atoms with Gasteiger partial charge in [0.15, 0.2) is 0 Å². The van der Waals surface area contributed by atoms with E-state index in [2.05, 4.69) is 5.10 Å². The first-order valence-corrected chi connectivity index (χ1v) is 6.10. The predicted molar refractivity (Wildman–Crippen MR) is 65.5 cm³/mol.